The molecular weight excluding hydrogens is 365 g/mol. The summed E-state index contributed by atoms with van der Waals surface area (Å²) in [5.74, 6) is 0.234. The summed E-state index contributed by atoms with van der Waals surface area (Å²) in [4.78, 5) is 11.8. The van der Waals surface area contributed by atoms with E-state index in [-0.39, 0.29) is 12.5 Å². The number of halogens is 3. The fourth-order valence-electron chi connectivity index (χ4n) is 1.49. The molecule has 2 aromatic rings. The quantitative estimate of drug-likeness (QED) is 0.836. The van der Waals surface area contributed by atoms with Crippen LogP contribution in [0.5, 0.6) is 5.75 Å². The van der Waals surface area contributed by atoms with Gasteiger partial charge in [0.1, 0.15) is 5.75 Å². The zero-order valence-electron chi connectivity index (χ0n) is 10.2. The Morgan fingerprint density at radius 3 is 2.75 bits per heavy atom. The van der Waals surface area contributed by atoms with Crippen LogP contribution in [0.25, 0.3) is 0 Å². The van der Waals surface area contributed by atoms with Crippen LogP contribution in [0.4, 0.5) is 5.69 Å². The maximum atomic E-state index is 11.8. The van der Waals surface area contributed by atoms with Crippen LogP contribution in [-0.2, 0) is 4.79 Å². The molecule has 0 aliphatic carbocycles. The number of carbonyl (C=O) groups is 1. The minimum absolute atomic E-state index is 0.122. The molecule has 1 N–H and O–H groups in total. The molecule has 0 radical (unpaired) electrons. The predicted molar refractivity (Wildman–Crippen MR) is 84.7 cm³/mol. The topological polar surface area (TPSA) is 38.3 Å². The molecule has 0 aliphatic heterocycles. The first-order valence-corrected chi connectivity index (χ1v) is 7.23. The summed E-state index contributed by atoms with van der Waals surface area (Å²) in [6.45, 7) is -0.122. The zero-order valence-corrected chi connectivity index (χ0v) is 13.3. The average molecular weight is 375 g/mol. The van der Waals surface area contributed by atoms with Crippen molar-refractivity contribution in [2.75, 3.05) is 11.9 Å². The highest BCUT2D eigenvalue weighted by Crippen LogP contribution is 2.25. The molecule has 2 aromatic carbocycles. The zero-order chi connectivity index (χ0) is 14.5. The van der Waals surface area contributed by atoms with Gasteiger partial charge in [0.25, 0.3) is 5.91 Å². The Bertz CT molecular complexity index is 634. The van der Waals surface area contributed by atoms with Crippen LogP contribution in [0, 0.1) is 0 Å². The van der Waals surface area contributed by atoms with Gasteiger partial charge >= 0.3 is 0 Å². The molecular formula is C14H10BrCl2NO2. The molecule has 0 aromatic heterocycles. The van der Waals surface area contributed by atoms with Crippen LogP contribution in [0.2, 0.25) is 10.0 Å². The molecule has 0 bridgehead atoms. The van der Waals surface area contributed by atoms with E-state index in [2.05, 4.69) is 21.2 Å². The molecule has 0 spiro atoms. The third-order valence-corrected chi connectivity index (χ3v) is 3.43. The van der Waals surface area contributed by atoms with Gasteiger partial charge in [-0.15, -0.1) is 0 Å². The van der Waals surface area contributed by atoms with E-state index in [1.54, 1.807) is 42.5 Å². The van der Waals surface area contributed by atoms with Gasteiger partial charge in [-0.3, -0.25) is 4.79 Å². The Balaban J connectivity index is 1.94. The van der Waals surface area contributed by atoms with Crippen molar-refractivity contribution in [2.45, 2.75) is 0 Å². The number of hydrogen-bond acceptors (Lipinski definition) is 2. The fraction of sp³-hybridized carbons (Fsp3) is 0.0714. The summed E-state index contributed by atoms with van der Waals surface area (Å²) in [6, 6.07) is 12.1. The van der Waals surface area contributed by atoms with E-state index in [9.17, 15) is 4.79 Å². The van der Waals surface area contributed by atoms with Gasteiger partial charge in [0, 0.05) is 9.50 Å². The van der Waals surface area contributed by atoms with Gasteiger partial charge in [-0.1, -0.05) is 45.2 Å². The second kappa shape index (κ2) is 6.97. The largest absolute Gasteiger partial charge is 0.484 e. The van der Waals surface area contributed by atoms with Gasteiger partial charge in [0.15, 0.2) is 6.61 Å². The first-order valence-electron chi connectivity index (χ1n) is 5.68. The minimum atomic E-state index is -0.301. The molecule has 0 saturated carbocycles. The number of hydrogen-bond donors (Lipinski definition) is 1. The number of benzene rings is 2. The van der Waals surface area contributed by atoms with E-state index in [1.165, 1.54) is 0 Å². The van der Waals surface area contributed by atoms with Crippen molar-refractivity contribution in [3.63, 3.8) is 0 Å². The molecule has 3 nitrogen and oxygen atoms in total. The Labute approximate surface area is 135 Å². The van der Waals surface area contributed by atoms with Gasteiger partial charge in [0.2, 0.25) is 0 Å². The van der Waals surface area contributed by atoms with E-state index in [0.29, 0.717) is 21.5 Å². The van der Waals surface area contributed by atoms with E-state index >= 15 is 0 Å². The van der Waals surface area contributed by atoms with Gasteiger partial charge in [0.05, 0.1) is 10.7 Å². The van der Waals surface area contributed by atoms with Crippen LogP contribution >= 0.6 is 39.1 Å². The molecule has 20 heavy (non-hydrogen) atoms. The highest BCUT2D eigenvalue weighted by Gasteiger charge is 2.07. The summed E-state index contributed by atoms with van der Waals surface area (Å²) in [5, 5.41) is 3.69. The predicted octanol–water partition coefficient (Wildman–Crippen LogP) is 4.77. The van der Waals surface area contributed by atoms with Crippen molar-refractivity contribution in [3.8, 4) is 5.75 Å². The van der Waals surface area contributed by atoms with Crippen molar-refractivity contribution in [1.29, 1.82) is 0 Å². The third-order valence-electron chi connectivity index (χ3n) is 2.37. The van der Waals surface area contributed by atoms with Crippen LogP contribution in [-0.4, -0.2) is 12.5 Å². The molecule has 6 heteroatoms. The Hall–Kier alpha value is -1.23. The van der Waals surface area contributed by atoms with Crippen LogP contribution in [0.1, 0.15) is 0 Å². The molecule has 0 saturated heterocycles. The SMILES string of the molecule is O=C(COc1cccc(Cl)c1)Nc1cc(Br)ccc1Cl. The molecule has 1 amide bonds. The number of rotatable bonds is 4. The van der Waals surface area contributed by atoms with E-state index in [0.717, 1.165) is 4.47 Å². The third kappa shape index (κ3) is 4.40. The number of carbonyl (C=O) groups excluding carboxylic acids is 1. The molecule has 0 aliphatic rings. The summed E-state index contributed by atoms with van der Waals surface area (Å²) in [6.07, 6.45) is 0. The number of amides is 1. The van der Waals surface area contributed by atoms with Crippen molar-refractivity contribution in [3.05, 3.63) is 57.0 Å². The van der Waals surface area contributed by atoms with Crippen molar-refractivity contribution in [1.82, 2.24) is 0 Å². The number of nitrogens with one attached hydrogen (secondary N) is 1. The normalized spacial score (nSPS) is 10.2. The van der Waals surface area contributed by atoms with Gasteiger partial charge in [-0.05, 0) is 36.4 Å². The summed E-state index contributed by atoms with van der Waals surface area (Å²) in [7, 11) is 0. The summed E-state index contributed by atoms with van der Waals surface area (Å²) < 4.78 is 6.17. The van der Waals surface area contributed by atoms with Gasteiger partial charge < -0.3 is 10.1 Å². The van der Waals surface area contributed by atoms with Gasteiger partial charge in [-0.25, -0.2) is 0 Å². The van der Waals surface area contributed by atoms with Crippen LogP contribution < -0.4 is 10.1 Å². The first kappa shape index (κ1) is 15.2. The molecule has 0 fully saturated rings. The Morgan fingerprint density at radius 2 is 2.00 bits per heavy atom. The van der Waals surface area contributed by atoms with E-state index in [1.807, 2.05) is 0 Å². The molecule has 0 heterocycles. The second-order valence-corrected chi connectivity index (χ2v) is 5.68. The molecule has 104 valence electrons. The molecule has 2 rings (SSSR count). The van der Waals surface area contributed by atoms with Crippen LogP contribution in [0.3, 0.4) is 0 Å². The lowest BCUT2D eigenvalue weighted by Gasteiger charge is -2.09. The monoisotopic (exact) mass is 373 g/mol. The Kier molecular flexibility index (Phi) is 5.29. The summed E-state index contributed by atoms with van der Waals surface area (Å²) in [5.41, 5.74) is 0.528. The summed E-state index contributed by atoms with van der Waals surface area (Å²) >= 11 is 15.1. The van der Waals surface area contributed by atoms with Crippen LogP contribution in [0.15, 0.2) is 46.9 Å². The first-order chi connectivity index (χ1) is 9.54. The number of anilines is 1. The van der Waals surface area contributed by atoms with Crippen molar-refractivity contribution < 1.29 is 9.53 Å². The maximum Gasteiger partial charge on any atom is 0.262 e. The molecule has 0 unspecified atom stereocenters. The lowest BCUT2D eigenvalue weighted by Crippen LogP contribution is -2.20. The van der Waals surface area contributed by atoms with Crippen molar-refractivity contribution >= 4 is 50.7 Å². The maximum absolute atomic E-state index is 11.8. The lowest BCUT2D eigenvalue weighted by molar-refractivity contribution is -0.118. The highest BCUT2D eigenvalue weighted by atomic mass is 79.9. The highest BCUT2D eigenvalue weighted by molar-refractivity contribution is 9.10. The average Bonchev–Trinajstić information content (AvgIpc) is 2.41. The van der Waals surface area contributed by atoms with Crippen molar-refractivity contribution in [2.24, 2.45) is 0 Å². The smallest absolute Gasteiger partial charge is 0.262 e. The fourth-order valence-corrected chi connectivity index (χ4v) is 2.19. The standard InChI is InChI=1S/C14H10BrCl2NO2/c15-9-4-5-12(17)13(6-9)18-14(19)8-20-11-3-1-2-10(16)7-11/h1-7H,8H2,(H,18,19). The molecule has 0 atom stereocenters. The lowest BCUT2D eigenvalue weighted by atomic mass is 10.3. The number of ether oxygens (including phenoxy) is 1. The van der Waals surface area contributed by atoms with E-state index < -0.39 is 0 Å². The second-order valence-electron chi connectivity index (χ2n) is 3.92. The van der Waals surface area contributed by atoms with Gasteiger partial charge in [-0.2, -0.15) is 0 Å². The van der Waals surface area contributed by atoms with E-state index in [4.69, 9.17) is 27.9 Å². The minimum Gasteiger partial charge on any atom is -0.484 e. The Morgan fingerprint density at radius 1 is 1.20 bits per heavy atom.